The zero-order valence-electron chi connectivity index (χ0n) is 20.6. The monoisotopic (exact) mass is 482 g/mol. The summed E-state index contributed by atoms with van der Waals surface area (Å²) in [6.45, 7) is 5.05. The molecule has 0 aliphatic carbocycles. The minimum absolute atomic E-state index is 0.0169. The lowest BCUT2D eigenvalue weighted by Gasteiger charge is -2.22. The van der Waals surface area contributed by atoms with Crippen molar-refractivity contribution in [3.8, 4) is 17.2 Å². The zero-order valence-corrected chi connectivity index (χ0v) is 20.6. The van der Waals surface area contributed by atoms with Crippen LogP contribution >= 0.6 is 0 Å². The van der Waals surface area contributed by atoms with E-state index < -0.39 is 5.97 Å². The van der Waals surface area contributed by atoms with Crippen LogP contribution in [0.15, 0.2) is 30.3 Å². The molecule has 2 aromatic carbocycles. The topological polar surface area (TPSA) is 99.1 Å². The van der Waals surface area contributed by atoms with Gasteiger partial charge in [0.05, 0.1) is 25.4 Å². The van der Waals surface area contributed by atoms with Gasteiger partial charge in [-0.1, -0.05) is 13.3 Å². The minimum atomic E-state index is -0.886. The lowest BCUT2D eigenvalue weighted by atomic mass is 9.98. The number of carbonyl (C=O) groups excluding carboxylic acids is 2. The number of unbranched alkanes of at least 4 members (excludes halogenated alkanes) is 2. The summed E-state index contributed by atoms with van der Waals surface area (Å²) in [6.07, 6.45) is 5.02. The Morgan fingerprint density at radius 3 is 2.40 bits per heavy atom. The first kappa shape index (κ1) is 26.3. The third-order valence-corrected chi connectivity index (χ3v) is 5.97. The van der Waals surface area contributed by atoms with Gasteiger partial charge in [0.25, 0.3) is 0 Å². The lowest BCUT2D eigenvalue weighted by molar-refractivity contribution is -0.136. The van der Waals surface area contributed by atoms with Crippen molar-refractivity contribution in [1.82, 2.24) is 0 Å². The second-order valence-electron chi connectivity index (χ2n) is 8.72. The Morgan fingerprint density at radius 2 is 1.71 bits per heavy atom. The zero-order chi connectivity index (χ0) is 25.2. The molecule has 0 atom stereocenters. The molecule has 0 aromatic heterocycles. The van der Waals surface area contributed by atoms with E-state index in [1.54, 1.807) is 24.3 Å². The van der Waals surface area contributed by atoms with E-state index in [0.29, 0.717) is 55.3 Å². The van der Waals surface area contributed by atoms with Crippen LogP contribution in [-0.4, -0.2) is 42.5 Å². The number of hydrogen-bond acceptors (Lipinski definition) is 6. The van der Waals surface area contributed by atoms with E-state index in [1.165, 1.54) is 6.92 Å². The van der Waals surface area contributed by atoms with Crippen molar-refractivity contribution in [2.75, 3.05) is 19.8 Å². The van der Waals surface area contributed by atoms with Crippen molar-refractivity contribution >= 4 is 17.5 Å². The van der Waals surface area contributed by atoms with Crippen molar-refractivity contribution in [1.29, 1.82) is 0 Å². The molecule has 0 amide bonds. The average molecular weight is 483 g/mol. The second kappa shape index (κ2) is 12.9. The van der Waals surface area contributed by atoms with E-state index in [1.807, 2.05) is 6.07 Å². The molecule has 35 heavy (non-hydrogen) atoms. The van der Waals surface area contributed by atoms with Crippen LogP contribution in [0.5, 0.6) is 17.2 Å². The first-order valence-corrected chi connectivity index (χ1v) is 12.3. The molecule has 0 saturated heterocycles. The van der Waals surface area contributed by atoms with Gasteiger partial charge in [-0.05, 0) is 74.9 Å². The van der Waals surface area contributed by atoms with Crippen LogP contribution in [0.1, 0.15) is 84.2 Å². The normalized spacial score (nSPS) is 12.6. The summed E-state index contributed by atoms with van der Waals surface area (Å²) in [7, 11) is 0. The number of fused-ring (bicyclic) bond motifs is 1. The van der Waals surface area contributed by atoms with Crippen LogP contribution in [0.4, 0.5) is 0 Å². The number of rotatable bonds is 14. The number of benzene rings is 2. The molecule has 7 heteroatoms. The maximum Gasteiger partial charge on any atom is 0.303 e. The summed E-state index contributed by atoms with van der Waals surface area (Å²) < 4.78 is 17.8. The highest BCUT2D eigenvalue weighted by atomic mass is 16.5. The van der Waals surface area contributed by atoms with Crippen LogP contribution in [0.25, 0.3) is 0 Å². The van der Waals surface area contributed by atoms with Gasteiger partial charge in [0.15, 0.2) is 11.6 Å². The van der Waals surface area contributed by atoms with E-state index in [4.69, 9.17) is 19.3 Å². The van der Waals surface area contributed by atoms with E-state index in [2.05, 4.69) is 6.92 Å². The number of aliphatic carboxylic acids is 1. The van der Waals surface area contributed by atoms with E-state index in [9.17, 15) is 14.4 Å². The van der Waals surface area contributed by atoms with Crippen molar-refractivity contribution in [2.45, 2.75) is 65.2 Å². The van der Waals surface area contributed by atoms with Crippen LogP contribution in [0.3, 0.4) is 0 Å². The fraction of sp³-hybridized carbons (Fsp3) is 0.464. The number of carbonyl (C=O) groups is 3. The maximum atomic E-state index is 12.2. The van der Waals surface area contributed by atoms with Gasteiger partial charge in [-0.3, -0.25) is 14.4 Å². The molecule has 188 valence electrons. The standard InChI is InChI=1S/C28H34O7/c1-3-7-23-26(12-10-22-24(30)14-17-35-28(22)23)34-16-6-4-5-15-33-25-11-8-20(19(2)29)18-21(25)9-13-27(31)32/h8,10-12,18H,3-7,9,13-17H2,1-2H3,(H,31,32). The van der Waals surface area contributed by atoms with Gasteiger partial charge in [-0.25, -0.2) is 0 Å². The van der Waals surface area contributed by atoms with Crippen molar-refractivity contribution in [2.24, 2.45) is 0 Å². The number of ether oxygens (including phenoxy) is 3. The van der Waals surface area contributed by atoms with Crippen molar-refractivity contribution < 1.29 is 33.7 Å². The van der Waals surface area contributed by atoms with Gasteiger partial charge < -0.3 is 19.3 Å². The largest absolute Gasteiger partial charge is 0.493 e. The summed E-state index contributed by atoms with van der Waals surface area (Å²) >= 11 is 0. The summed E-state index contributed by atoms with van der Waals surface area (Å²) in [5.74, 6) is 1.27. The fourth-order valence-electron chi connectivity index (χ4n) is 4.12. The molecule has 0 bridgehead atoms. The number of hydrogen-bond donors (Lipinski definition) is 1. The van der Waals surface area contributed by atoms with Gasteiger partial charge >= 0.3 is 5.97 Å². The van der Waals surface area contributed by atoms with E-state index in [-0.39, 0.29) is 18.0 Å². The highest BCUT2D eigenvalue weighted by molar-refractivity contribution is 6.00. The van der Waals surface area contributed by atoms with Crippen LogP contribution in [0.2, 0.25) is 0 Å². The highest BCUT2D eigenvalue weighted by Crippen LogP contribution is 2.36. The quantitative estimate of drug-likeness (QED) is 0.282. The Morgan fingerprint density at radius 1 is 1.00 bits per heavy atom. The number of ketones is 2. The molecule has 1 aliphatic rings. The SMILES string of the molecule is CCCc1c(OCCCCCOc2ccc(C(C)=O)cc2CCC(=O)O)ccc2c1OCCC2=O. The minimum Gasteiger partial charge on any atom is -0.493 e. The fourth-order valence-corrected chi connectivity index (χ4v) is 4.12. The average Bonchev–Trinajstić information content (AvgIpc) is 2.83. The predicted octanol–water partition coefficient (Wildman–Crippen LogP) is 5.45. The molecular weight excluding hydrogens is 448 g/mol. The predicted molar refractivity (Wildman–Crippen MR) is 132 cm³/mol. The molecule has 0 fully saturated rings. The van der Waals surface area contributed by atoms with Gasteiger partial charge in [-0.15, -0.1) is 0 Å². The Balaban J connectivity index is 1.47. The van der Waals surface area contributed by atoms with Crippen molar-refractivity contribution in [3.63, 3.8) is 0 Å². The Kier molecular flexibility index (Phi) is 9.70. The number of aryl methyl sites for hydroxylation is 1. The molecule has 1 aliphatic heterocycles. The summed E-state index contributed by atoms with van der Waals surface area (Å²) in [5, 5.41) is 9.00. The molecule has 0 unspecified atom stereocenters. The molecule has 0 saturated carbocycles. The van der Waals surface area contributed by atoms with Gasteiger partial charge in [0, 0.05) is 24.0 Å². The molecule has 0 spiro atoms. The Labute approximate surface area is 206 Å². The first-order chi connectivity index (χ1) is 16.9. The van der Waals surface area contributed by atoms with E-state index >= 15 is 0 Å². The van der Waals surface area contributed by atoms with Crippen molar-refractivity contribution in [3.05, 3.63) is 52.6 Å². The van der Waals surface area contributed by atoms with Crippen LogP contribution < -0.4 is 14.2 Å². The lowest BCUT2D eigenvalue weighted by Crippen LogP contribution is -2.17. The maximum absolute atomic E-state index is 12.2. The van der Waals surface area contributed by atoms with Crippen LogP contribution in [-0.2, 0) is 17.6 Å². The van der Waals surface area contributed by atoms with Gasteiger partial charge in [-0.2, -0.15) is 0 Å². The van der Waals surface area contributed by atoms with Crippen LogP contribution in [0, 0.1) is 0 Å². The van der Waals surface area contributed by atoms with Gasteiger partial charge in [0.1, 0.15) is 17.2 Å². The summed E-state index contributed by atoms with van der Waals surface area (Å²) in [6, 6.07) is 8.86. The molecule has 1 heterocycles. The van der Waals surface area contributed by atoms with E-state index in [0.717, 1.165) is 49.0 Å². The third-order valence-electron chi connectivity index (χ3n) is 5.97. The molecule has 0 radical (unpaired) electrons. The molecule has 1 N–H and O–H groups in total. The highest BCUT2D eigenvalue weighted by Gasteiger charge is 2.23. The second-order valence-corrected chi connectivity index (χ2v) is 8.72. The molecule has 3 rings (SSSR count). The number of carboxylic acid groups (broad SMARTS) is 1. The first-order valence-electron chi connectivity index (χ1n) is 12.3. The molecule has 7 nitrogen and oxygen atoms in total. The number of carboxylic acids is 1. The van der Waals surface area contributed by atoms with Gasteiger partial charge in [0.2, 0.25) is 0 Å². The molecular formula is C28H34O7. The summed E-state index contributed by atoms with van der Waals surface area (Å²) in [5.41, 5.74) is 2.92. The third kappa shape index (κ3) is 7.31. The smallest absolute Gasteiger partial charge is 0.303 e. The Hall–Kier alpha value is -3.35. The number of Topliss-reactive ketones (excluding diaryl/α,β-unsaturated/α-hetero) is 2. The summed E-state index contributed by atoms with van der Waals surface area (Å²) in [4.78, 5) is 34.8. The molecule has 2 aromatic rings. The Bertz CT molecular complexity index is 1060.